The molecule has 0 spiro atoms. The molecule has 7 aliphatic carbocycles. The monoisotopic (exact) mass is 632 g/mol. The molecule has 0 saturated carbocycles. The van der Waals surface area contributed by atoms with Crippen molar-refractivity contribution in [3.05, 3.63) is 130 Å². The van der Waals surface area contributed by atoms with Gasteiger partial charge in [-0.2, -0.15) is 0 Å². The van der Waals surface area contributed by atoms with Crippen LogP contribution in [-0.2, 0) is 6.42 Å². The first-order chi connectivity index (χ1) is 23.6. The molecule has 0 saturated heterocycles. The van der Waals surface area contributed by atoms with E-state index in [1.807, 2.05) is 0 Å². The van der Waals surface area contributed by atoms with E-state index in [9.17, 15) is 0 Å². The first-order valence-electron chi connectivity index (χ1n) is 18.9. The molecular weight excluding hydrogens is 585 g/mol. The summed E-state index contributed by atoms with van der Waals surface area (Å²) in [5.41, 5.74) is 12.2. The Kier molecular flexibility index (Phi) is 6.65. The Morgan fingerprint density at radius 2 is 1.73 bits per heavy atom. The summed E-state index contributed by atoms with van der Waals surface area (Å²) in [4.78, 5) is 5.71. The summed E-state index contributed by atoms with van der Waals surface area (Å²) in [5, 5.41) is 1.36. The van der Waals surface area contributed by atoms with Crippen LogP contribution in [0.3, 0.4) is 0 Å². The molecule has 1 aliphatic heterocycles. The molecule has 3 nitrogen and oxygen atoms in total. The molecule has 2 heterocycles. The summed E-state index contributed by atoms with van der Waals surface area (Å²) >= 11 is 0. The van der Waals surface area contributed by atoms with E-state index in [4.69, 9.17) is 4.42 Å². The molecule has 1 aromatic carbocycles. The van der Waals surface area contributed by atoms with Gasteiger partial charge < -0.3 is 14.2 Å². The van der Waals surface area contributed by atoms with Crippen LogP contribution in [0.1, 0.15) is 83.0 Å². The first kappa shape index (κ1) is 29.0. The lowest BCUT2D eigenvalue weighted by Crippen LogP contribution is -2.50. The second-order valence-corrected chi connectivity index (χ2v) is 16.0. The van der Waals surface area contributed by atoms with Gasteiger partial charge >= 0.3 is 0 Å². The van der Waals surface area contributed by atoms with E-state index < -0.39 is 0 Å². The molecule has 8 aliphatic rings. The summed E-state index contributed by atoms with van der Waals surface area (Å²) in [6, 6.07) is 8.53. The molecule has 48 heavy (non-hydrogen) atoms. The maximum Gasteiger partial charge on any atom is 0.137 e. The van der Waals surface area contributed by atoms with Crippen LogP contribution < -0.4 is 4.90 Å². The van der Waals surface area contributed by atoms with Crippen LogP contribution in [0.15, 0.2) is 124 Å². The van der Waals surface area contributed by atoms with E-state index in [2.05, 4.69) is 121 Å². The van der Waals surface area contributed by atoms with E-state index >= 15 is 0 Å². The minimum atomic E-state index is 0.169. The lowest BCUT2D eigenvalue weighted by Gasteiger charge is -2.47. The Morgan fingerprint density at radius 3 is 2.65 bits per heavy atom. The molecule has 10 rings (SSSR count). The average molecular weight is 633 g/mol. The number of rotatable bonds is 4. The van der Waals surface area contributed by atoms with Gasteiger partial charge in [0.1, 0.15) is 11.3 Å². The predicted molar refractivity (Wildman–Crippen MR) is 199 cm³/mol. The van der Waals surface area contributed by atoms with Crippen LogP contribution in [0.25, 0.3) is 17.0 Å². The Hall–Kier alpha value is -3.98. The molecule has 0 radical (unpaired) electrons. The van der Waals surface area contributed by atoms with Gasteiger partial charge in [-0.25, -0.2) is 0 Å². The highest BCUT2D eigenvalue weighted by Crippen LogP contribution is 2.58. The van der Waals surface area contributed by atoms with Crippen LogP contribution in [-0.4, -0.2) is 29.1 Å². The van der Waals surface area contributed by atoms with Crippen molar-refractivity contribution in [1.82, 2.24) is 4.90 Å². The second-order valence-electron chi connectivity index (χ2n) is 16.0. The van der Waals surface area contributed by atoms with Crippen molar-refractivity contribution >= 4 is 22.7 Å². The zero-order chi connectivity index (χ0) is 32.0. The summed E-state index contributed by atoms with van der Waals surface area (Å²) in [7, 11) is 0. The lowest BCUT2D eigenvalue weighted by molar-refractivity contribution is 0.216. The minimum absolute atomic E-state index is 0.169. The highest BCUT2D eigenvalue weighted by molar-refractivity contribution is 5.97. The van der Waals surface area contributed by atoms with Gasteiger partial charge in [-0.05, 0) is 116 Å². The summed E-state index contributed by atoms with van der Waals surface area (Å²) in [6.07, 6.45) is 42.9. The zero-order valence-corrected chi connectivity index (χ0v) is 28.6. The minimum Gasteiger partial charge on any atom is -0.456 e. The topological polar surface area (TPSA) is 19.6 Å². The van der Waals surface area contributed by atoms with E-state index in [0.29, 0.717) is 36.0 Å². The maximum absolute atomic E-state index is 6.55. The summed E-state index contributed by atoms with van der Waals surface area (Å²) in [5.74, 6) is 2.15. The Bertz CT molecular complexity index is 1970. The van der Waals surface area contributed by atoms with Crippen molar-refractivity contribution in [2.45, 2.75) is 102 Å². The lowest BCUT2D eigenvalue weighted by atomic mass is 9.70. The number of fused-ring (bicyclic) bond motifs is 7. The number of hydrogen-bond acceptors (Lipinski definition) is 3. The second kappa shape index (κ2) is 11.0. The van der Waals surface area contributed by atoms with Crippen molar-refractivity contribution in [3.8, 4) is 0 Å². The van der Waals surface area contributed by atoms with Crippen LogP contribution in [0.4, 0.5) is 5.69 Å². The van der Waals surface area contributed by atoms with Gasteiger partial charge in [-0.1, -0.05) is 92.8 Å². The SMILES string of the molecule is CC1(C)C2=C(CCC=C2)C2=CCC(N(c3cccc4oc5c(c34)CCC=C5)C3C=CC4C(C3)C3=C(CCC=C3)N4C3C=CC=CC3)CC21. The molecule has 0 N–H and O–H groups in total. The fourth-order valence-electron chi connectivity index (χ4n) is 11.1. The average Bonchev–Trinajstić information content (AvgIpc) is 3.75. The van der Waals surface area contributed by atoms with Gasteiger partial charge in [0.25, 0.3) is 0 Å². The van der Waals surface area contributed by atoms with Gasteiger partial charge in [-0.3, -0.25) is 0 Å². The molecule has 0 fully saturated rings. The van der Waals surface area contributed by atoms with Crippen molar-refractivity contribution in [1.29, 1.82) is 0 Å². The van der Waals surface area contributed by atoms with Crippen LogP contribution >= 0.6 is 0 Å². The quantitative estimate of drug-likeness (QED) is 0.313. The van der Waals surface area contributed by atoms with E-state index in [-0.39, 0.29) is 5.41 Å². The first-order valence-corrected chi connectivity index (χ1v) is 18.9. The van der Waals surface area contributed by atoms with Crippen LogP contribution in [0.5, 0.6) is 0 Å². The molecular formula is C45H48N2O. The Labute approximate surface area is 286 Å². The van der Waals surface area contributed by atoms with Gasteiger partial charge in [0.15, 0.2) is 0 Å². The molecule has 2 aromatic rings. The van der Waals surface area contributed by atoms with Crippen molar-refractivity contribution in [3.63, 3.8) is 0 Å². The van der Waals surface area contributed by atoms with Gasteiger partial charge in [0.2, 0.25) is 0 Å². The van der Waals surface area contributed by atoms with Gasteiger partial charge in [0.05, 0.1) is 12.1 Å². The van der Waals surface area contributed by atoms with E-state index in [1.165, 1.54) is 42.3 Å². The summed E-state index contributed by atoms with van der Waals surface area (Å²) in [6.45, 7) is 5.04. The molecule has 244 valence electrons. The molecule has 1 aromatic heterocycles. The molecule has 3 heteroatoms. The maximum atomic E-state index is 6.55. The number of hydrogen-bond donors (Lipinski definition) is 0. The fourth-order valence-corrected chi connectivity index (χ4v) is 11.1. The number of benzene rings is 1. The highest BCUT2D eigenvalue weighted by Gasteiger charge is 2.49. The molecule has 0 bridgehead atoms. The van der Waals surface area contributed by atoms with Crippen LogP contribution in [0.2, 0.25) is 0 Å². The van der Waals surface area contributed by atoms with Crippen molar-refractivity contribution in [2.75, 3.05) is 4.90 Å². The number of furan rings is 1. The number of allylic oxidation sites excluding steroid dienone is 11. The third kappa shape index (κ3) is 4.25. The number of aryl methyl sites for hydroxylation is 1. The smallest absolute Gasteiger partial charge is 0.137 e. The Balaban J connectivity index is 1.08. The highest BCUT2D eigenvalue weighted by atomic mass is 16.3. The Morgan fingerprint density at radius 1 is 0.854 bits per heavy atom. The fraction of sp³-hybridized carbons (Fsp3) is 0.422. The summed E-state index contributed by atoms with van der Waals surface area (Å²) < 4.78 is 6.55. The number of anilines is 1. The van der Waals surface area contributed by atoms with E-state index in [1.54, 1.807) is 28.0 Å². The third-order valence-corrected chi connectivity index (χ3v) is 13.2. The van der Waals surface area contributed by atoms with Gasteiger partial charge in [-0.15, -0.1) is 0 Å². The van der Waals surface area contributed by atoms with Crippen molar-refractivity contribution in [2.24, 2.45) is 17.3 Å². The standard InChI is InChI=1S/C45H48N2O/c1-45(2)37-18-9-6-15-32(37)33-25-23-31(28-38(33)45)46(41-20-12-22-43-44(41)35-17-8-11-21-42(35)48-43)30-24-26-40-36(27-30)34-16-7-10-19-39(34)47(40)29-13-4-3-5-14-29/h3-5,7,9,11-13,16,18,20-22,24-26,29-31,36,38,40H,6,8,10,14-15,17,19,23,27-28H2,1-2H3. The van der Waals surface area contributed by atoms with Gasteiger partial charge in [0, 0.05) is 40.3 Å². The van der Waals surface area contributed by atoms with Crippen molar-refractivity contribution < 1.29 is 4.42 Å². The van der Waals surface area contributed by atoms with Crippen LogP contribution in [0, 0.1) is 17.3 Å². The third-order valence-electron chi connectivity index (χ3n) is 13.2. The molecule has 6 atom stereocenters. The normalized spacial score (nSPS) is 32.4. The van der Waals surface area contributed by atoms with E-state index in [0.717, 1.165) is 49.9 Å². The molecule has 6 unspecified atom stereocenters. The number of nitrogens with zero attached hydrogens (tertiary/aromatic N) is 2. The zero-order valence-electron chi connectivity index (χ0n) is 28.6. The predicted octanol–water partition coefficient (Wildman–Crippen LogP) is 10.7. The molecule has 0 amide bonds. The largest absolute Gasteiger partial charge is 0.456 e.